The molecule has 0 bridgehead atoms. The summed E-state index contributed by atoms with van der Waals surface area (Å²) >= 11 is 3.69. The Bertz CT molecular complexity index is 680. The smallest absolute Gasteiger partial charge is 0.0233 e. The van der Waals surface area contributed by atoms with Gasteiger partial charge in [0.1, 0.15) is 0 Å². The van der Waals surface area contributed by atoms with Crippen molar-refractivity contribution in [2.45, 2.75) is 32.2 Å². The monoisotopic (exact) mass is 355 g/mol. The lowest BCUT2D eigenvalue weighted by molar-refractivity contribution is 0.161. The van der Waals surface area contributed by atoms with Gasteiger partial charge in [0.05, 0.1) is 0 Å². The second kappa shape index (κ2) is 5.82. The van der Waals surface area contributed by atoms with Crippen LogP contribution in [0, 0.1) is 12.8 Å². The summed E-state index contributed by atoms with van der Waals surface area (Å²) in [4.78, 5) is 2.64. The van der Waals surface area contributed by atoms with Crippen LogP contribution in [-0.4, -0.2) is 18.0 Å². The standard InChI is InChI=1S/C20H22BrN/c1-14-9-17(21)11-19-18(14)10-16-7-8-22(13-20(16)19)12-15-5-3-2-4-6-15/h2-6,9,11,16,20H,7-8,10,12-13H2,1H3/t16-,20-/m1/s1. The van der Waals surface area contributed by atoms with E-state index >= 15 is 0 Å². The summed E-state index contributed by atoms with van der Waals surface area (Å²) in [6.07, 6.45) is 2.63. The molecule has 2 aliphatic rings. The summed E-state index contributed by atoms with van der Waals surface area (Å²) < 4.78 is 1.24. The first-order valence-corrected chi connectivity index (χ1v) is 9.05. The maximum absolute atomic E-state index is 3.69. The molecule has 0 spiro atoms. The predicted octanol–water partition coefficient (Wildman–Crippen LogP) is 4.92. The molecule has 4 rings (SSSR count). The van der Waals surface area contributed by atoms with Crippen molar-refractivity contribution in [3.63, 3.8) is 0 Å². The van der Waals surface area contributed by atoms with E-state index in [4.69, 9.17) is 0 Å². The summed E-state index contributed by atoms with van der Waals surface area (Å²) in [7, 11) is 0. The molecular weight excluding hydrogens is 334 g/mol. The Morgan fingerprint density at radius 3 is 2.82 bits per heavy atom. The molecular formula is C20H22BrN. The van der Waals surface area contributed by atoms with Crippen molar-refractivity contribution in [1.29, 1.82) is 0 Å². The zero-order valence-corrected chi connectivity index (χ0v) is 14.6. The maximum atomic E-state index is 3.69. The van der Waals surface area contributed by atoms with Crippen molar-refractivity contribution < 1.29 is 0 Å². The van der Waals surface area contributed by atoms with Gasteiger partial charge in [0, 0.05) is 23.5 Å². The Morgan fingerprint density at radius 2 is 2.00 bits per heavy atom. The van der Waals surface area contributed by atoms with Crippen LogP contribution >= 0.6 is 15.9 Å². The van der Waals surface area contributed by atoms with Crippen LogP contribution in [0.2, 0.25) is 0 Å². The molecule has 0 unspecified atom stereocenters. The molecule has 114 valence electrons. The molecule has 1 nitrogen and oxygen atoms in total. The Morgan fingerprint density at radius 1 is 1.18 bits per heavy atom. The average molecular weight is 356 g/mol. The lowest BCUT2D eigenvalue weighted by atomic mass is 9.86. The zero-order valence-electron chi connectivity index (χ0n) is 13.1. The Hall–Kier alpha value is -1.12. The van der Waals surface area contributed by atoms with E-state index in [1.165, 1.54) is 41.5 Å². The van der Waals surface area contributed by atoms with Gasteiger partial charge in [0.15, 0.2) is 0 Å². The van der Waals surface area contributed by atoms with Gasteiger partial charge in [-0.15, -0.1) is 0 Å². The van der Waals surface area contributed by atoms with Crippen LogP contribution in [0.4, 0.5) is 0 Å². The van der Waals surface area contributed by atoms with Crippen LogP contribution < -0.4 is 0 Å². The normalized spacial score (nSPS) is 24.1. The summed E-state index contributed by atoms with van der Waals surface area (Å²) in [6, 6.07) is 15.5. The molecule has 22 heavy (non-hydrogen) atoms. The molecule has 2 aromatic carbocycles. The predicted molar refractivity (Wildman–Crippen MR) is 95.2 cm³/mol. The lowest BCUT2D eigenvalue weighted by Crippen LogP contribution is -2.37. The molecule has 1 saturated heterocycles. The fraction of sp³-hybridized carbons (Fsp3) is 0.400. The minimum Gasteiger partial charge on any atom is -0.298 e. The van der Waals surface area contributed by atoms with Crippen molar-refractivity contribution in [3.8, 4) is 0 Å². The highest BCUT2D eigenvalue weighted by atomic mass is 79.9. The molecule has 1 heterocycles. The molecule has 1 fully saturated rings. The van der Waals surface area contributed by atoms with Gasteiger partial charge in [-0.3, -0.25) is 4.90 Å². The van der Waals surface area contributed by atoms with Gasteiger partial charge < -0.3 is 0 Å². The topological polar surface area (TPSA) is 3.24 Å². The Balaban J connectivity index is 1.56. The number of rotatable bonds is 2. The number of aryl methyl sites for hydroxylation is 1. The summed E-state index contributed by atoms with van der Waals surface area (Å²) in [5.41, 5.74) is 6.13. The molecule has 2 aromatic rings. The number of piperidine rings is 1. The molecule has 0 N–H and O–H groups in total. The van der Waals surface area contributed by atoms with Crippen LogP contribution in [0.3, 0.4) is 0 Å². The zero-order chi connectivity index (χ0) is 15.1. The van der Waals surface area contributed by atoms with Crippen molar-refractivity contribution in [2.75, 3.05) is 13.1 Å². The van der Waals surface area contributed by atoms with Gasteiger partial charge in [-0.2, -0.15) is 0 Å². The van der Waals surface area contributed by atoms with E-state index in [-0.39, 0.29) is 0 Å². The molecule has 0 aromatic heterocycles. The molecule has 1 aliphatic carbocycles. The second-order valence-corrected chi connectivity index (χ2v) is 7.79. The SMILES string of the molecule is Cc1cc(Br)cc2c1C[C@H]1CCN(Cc3ccccc3)C[C@@H]21. The summed E-state index contributed by atoms with van der Waals surface area (Å²) in [5, 5.41) is 0. The van der Waals surface area contributed by atoms with Gasteiger partial charge >= 0.3 is 0 Å². The highest BCUT2D eigenvalue weighted by Crippen LogP contribution is 2.45. The number of fused-ring (bicyclic) bond motifs is 3. The largest absolute Gasteiger partial charge is 0.298 e. The van der Waals surface area contributed by atoms with Crippen LogP contribution in [-0.2, 0) is 13.0 Å². The van der Waals surface area contributed by atoms with E-state index in [1.807, 2.05) is 0 Å². The lowest BCUT2D eigenvalue weighted by Gasteiger charge is -2.35. The van der Waals surface area contributed by atoms with Crippen LogP contribution in [0.25, 0.3) is 0 Å². The van der Waals surface area contributed by atoms with E-state index < -0.39 is 0 Å². The van der Waals surface area contributed by atoms with Crippen molar-refractivity contribution in [3.05, 3.63) is 69.2 Å². The quantitative estimate of drug-likeness (QED) is 0.738. The maximum Gasteiger partial charge on any atom is 0.0233 e. The number of hydrogen-bond donors (Lipinski definition) is 0. The van der Waals surface area contributed by atoms with Gasteiger partial charge in [0.2, 0.25) is 0 Å². The van der Waals surface area contributed by atoms with E-state index in [2.05, 4.69) is 70.2 Å². The van der Waals surface area contributed by atoms with Crippen LogP contribution in [0.5, 0.6) is 0 Å². The highest BCUT2D eigenvalue weighted by Gasteiger charge is 2.37. The van der Waals surface area contributed by atoms with Crippen LogP contribution in [0.1, 0.15) is 34.6 Å². The van der Waals surface area contributed by atoms with E-state index in [0.29, 0.717) is 0 Å². The fourth-order valence-corrected chi connectivity index (χ4v) is 4.91. The first kappa shape index (κ1) is 14.5. The van der Waals surface area contributed by atoms with Gasteiger partial charge in [-0.1, -0.05) is 46.3 Å². The summed E-state index contributed by atoms with van der Waals surface area (Å²) in [5.74, 6) is 1.58. The Labute approximate surface area is 141 Å². The number of likely N-dealkylation sites (tertiary alicyclic amines) is 1. The molecule has 2 heteroatoms. The average Bonchev–Trinajstić information content (AvgIpc) is 2.87. The first-order valence-electron chi connectivity index (χ1n) is 8.26. The van der Waals surface area contributed by atoms with E-state index in [1.54, 1.807) is 11.1 Å². The molecule has 0 amide bonds. The highest BCUT2D eigenvalue weighted by molar-refractivity contribution is 9.10. The van der Waals surface area contributed by atoms with Gasteiger partial charge in [0.25, 0.3) is 0 Å². The summed E-state index contributed by atoms with van der Waals surface area (Å²) in [6.45, 7) is 5.81. The molecule has 1 aliphatic heterocycles. The van der Waals surface area contributed by atoms with Crippen molar-refractivity contribution in [2.24, 2.45) is 5.92 Å². The van der Waals surface area contributed by atoms with Gasteiger partial charge in [-0.05, 0) is 66.6 Å². The molecule has 0 radical (unpaired) electrons. The van der Waals surface area contributed by atoms with E-state index in [9.17, 15) is 0 Å². The van der Waals surface area contributed by atoms with Crippen molar-refractivity contribution >= 4 is 15.9 Å². The molecule has 2 atom stereocenters. The first-order chi connectivity index (χ1) is 10.7. The third-order valence-electron chi connectivity index (χ3n) is 5.43. The number of nitrogens with zero attached hydrogens (tertiary/aromatic N) is 1. The van der Waals surface area contributed by atoms with Gasteiger partial charge in [-0.25, -0.2) is 0 Å². The third kappa shape index (κ3) is 2.63. The number of halogens is 1. The van der Waals surface area contributed by atoms with Crippen LogP contribution in [0.15, 0.2) is 46.9 Å². The van der Waals surface area contributed by atoms with Crippen molar-refractivity contribution in [1.82, 2.24) is 4.90 Å². The number of benzene rings is 2. The Kier molecular flexibility index (Phi) is 3.83. The minimum absolute atomic E-state index is 0.726. The molecule has 0 saturated carbocycles. The minimum atomic E-state index is 0.726. The van der Waals surface area contributed by atoms with E-state index in [0.717, 1.165) is 18.4 Å². The second-order valence-electron chi connectivity index (χ2n) is 6.87. The number of hydrogen-bond acceptors (Lipinski definition) is 1. The fourth-order valence-electron chi connectivity index (χ4n) is 4.32. The third-order valence-corrected chi connectivity index (χ3v) is 5.88.